The zero-order valence-electron chi connectivity index (χ0n) is 20.0. The van der Waals surface area contributed by atoms with Gasteiger partial charge in [-0.05, 0) is 30.6 Å². The van der Waals surface area contributed by atoms with Gasteiger partial charge in [-0.1, -0.05) is 27.7 Å². The molecule has 2 fully saturated rings. The fourth-order valence-electron chi connectivity index (χ4n) is 5.60. The number of hydrogen-bond acceptors (Lipinski definition) is 7. The molecule has 0 aliphatic carbocycles. The van der Waals surface area contributed by atoms with E-state index in [2.05, 4.69) is 25.5 Å². The summed E-state index contributed by atoms with van der Waals surface area (Å²) in [6, 6.07) is 2.62. The topological polar surface area (TPSA) is 131 Å². The summed E-state index contributed by atoms with van der Waals surface area (Å²) in [4.78, 5) is 29.5. The first-order chi connectivity index (χ1) is 15.4. The molecule has 5 atom stereocenters. The van der Waals surface area contributed by atoms with Gasteiger partial charge >= 0.3 is 5.97 Å². The van der Waals surface area contributed by atoms with Crippen molar-refractivity contribution in [1.82, 2.24) is 14.5 Å². The van der Waals surface area contributed by atoms with E-state index in [1.807, 2.05) is 28.2 Å². The first-order valence-corrected chi connectivity index (χ1v) is 16.1. The Labute approximate surface area is 200 Å². The Morgan fingerprint density at radius 1 is 1.27 bits per heavy atom. The molecule has 0 spiro atoms. The van der Waals surface area contributed by atoms with Gasteiger partial charge in [-0.3, -0.25) is 9.69 Å². The quantitative estimate of drug-likeness (QED) is 0.235. The van der Waals surface area contributed by atoms with E-state index in [0.29, 0.717) is 25.3 Å². The first-order valence-electron chi connectivity index (χ1n) is 11.6. The van der Waals surface area contributed by atoms with Crippen molar-refractivity contribution < 1.29 is 27.0 Å². The number of nitrogens with zero attached hydrogens (tertiary/aromatic N) is 2. The molecule has 0 aromatic heterocycles. The number of fused-ring (bicyclic) bond motifs is 1. The normalized spacial score (nSPS) is 27.3. The summed E-state index contributed by atoms with van der Waals surface area (Å²) in [5.74, 6) is -0.981. The lowest BCUT2D eigenvalue weighted by atomic mass is 9.77. The molecule has 13 heteroatoms. The third-order valence-electron chi connectivity index (χ3n) is 7.65. The fraction of sp³-hybridized carbons (Fsp3) is 0.800. The van der Waals surface area contributed by atoms with E-state index in [9.17, 15) is 18.0 Å². The average molecular weight is 521 g/mol. The Morgan fingerprint density at radius 3 is 2.33 bits per heavy atom. The molecule has 0 saturated carbocycles. The Bertz CT molecular complexity index is 913. The van der Waals surface area contributed by atoms with Crippen LogP contribution in [0.25, 0.3) is 0 Å². The summed E-state index contributed by atoms with van der Waals surface area (Å²) in [7, 11) is -3.68. The van der Waals surface area contributed by atoms with Crippen molar-refractivity contribution in [3.63, 3.8) is 0 Å². The van der Waals surface area contributed by atoms with Crippen molar-refractivity contribution in [2.75, 3.05) is 19.6 Å². The largest absolute Gasteiger partial charge is 0.447 e. The van der Waals surface area contributed by atoms with Crippen LogP contribution < -0.4 is 9.86 Å². The maximum Gasteiger partial charge on any atom is 0.357 e. The maximum absolute atomic E-state index is 13.2. The molecule has 1 amide bonds. The van der Waals surface area contributed by atoms with Gasteiger partial charge in [0, 0.05) is 31.6 Å². The number of carbonyl (C=O) groups is 2. The molecule has 3 aliphatic rings. The third-order valence-corrected chi connectivity index (χ3v) is 13.3. The zero-order chi connectivity index (χ0) is 24.7. The lowest BCUT2D eigenvalue weighted by molar-refractivity contribution is -0.161. The maximum atomic E-state index is 13.2. The van der Waals surface area contributed by atoms with E-state index in [-0.39, 0.29) is 35.9 Å². The lowest BCUT2D eigenvalue weighted by Gasteiger charge is -2.49. The molecule has 188 valence electrons. The molecule has 3 rings (SSSR count). The first kappa shape index (κ1) is 26.7. The highest BCUT2D eigenvalue weighted by molar-refractivity contribution is 7.87. The number of nitrogens with two attached hydrogens (primary N) is 1. The number of likely N-dealkylation sites (tertiary alicyclic amines) is 1. The minimum atomic E-state index is -3.76. The van der Waals surface area contributed by atoms with Gasteiger partial charge in [-0.25, -0.2) is 9.93 Å². The zero-order valence-corrected chi connectivity index (χ0v) is 23.0. The predicted molar refractivity (Wildman–Crippen MR) is 130 cm³/mol. The van der Waals surface area contributed by atoms with Crippen LogP contribution in [0.1, 0.15) is 34.6 Å². The van der Waals surface area contributed by atoms with Crippen LogP contribution in [0, 0.1) is 11.8 Å². The van der Waals surface area contributed by atoms with E-state index < -0.39 is 24.5 Å². The molecule has 2 unspecified atom stereocenters. The Hall–Kier alpha value is -0.883. The second-order valence-electron chi connectivity index (χ2n) is 9.41. The smallest absolute Gasteiger partial charge is 0.357 e. The van der Waals surface area contributed by atoms with Crippen LogP contribution >= 0.6 is 9.47 Å². The number of rotatable bonds is 11. The predicted octanol–water partition coefficient (Wildman–Crippen LogP) is 0.938. The van der Waals surface area contributed by atoms with Crippen LogP contribution in [0.5, 0.6) is 0 Å². The van der Waals surface area contributed by atoms with E-state index in [1.54, 1.807) is 4.90 Å². The molecule has 3 aliphatic heterocycles. The number of carbonyl (C=O) groups excluding carboxylic acids is 2. The van der Waals surface area contributed by atoms with Gasteiger partial charge < -0.3 is 13.8 Å². The number of β-lactam (4-membered cyclic amide) rings is 1. The second kappa shape index (κ2) is 10.0. The highest BCUT2D eigenvalue weighted by Gasteiger charge is 2.61. The van der Waals surface area contributed by atoms with Gasteiger partial charge in [-0.2, -0.15) is 13.1 Å². The van der Waals surface area contributed by atoms with E-state index in [4.69, 9.17) is 14.1 Å². The summed E-state index contributed by atoms with van der Waals surface area (Å²) >= 11 is 0. The standard InChI is InChI=1S/C20H37N4O6PSSi/c1-6-33(7-2,8-3)30-13(5)16-17-12(4)15(18(20(26)29-31)24(17)19(16)25)11-23-9-14(10-23)22-32(21,27)28/h12-14,16-17,22H,6-11,31H2,1-5H3,(H2,21,27,28)/t12-,13+,16?,17+/m0/s1. The van der Waals surface area contributed by atoms with Gasteiger partial charge in [0.2, 0.25) is 5.91 Å². The van der Waals surface area contributed by atoms with Crippen LogP contribution in [0.2, 0.25) is 18.1 Å². The van der Waals surface area contributed by atoms with Crippen LogP contribution in [0.4, 0.5) is 0 Å². The van der Waals surface area contributed by atoms with Gasteiger partial charge in [0.05, 0.1) is 27.5 Å². The Kier molecular flexibility index (Phi) is 8.10. The highest BCUT2D eigenvalue weighted by Crippen LogP contribution is 2.49. The Morgan fingerprint density at radius 2 is 1.85 bits per heavy atom. The van der Waals surface area contributed by atoms with Crippen LogP contribution in [0.3, 0.4) is 0 Å². The van der Waals surface area contributed by atoms with Crippen molar-refractivity contribution in [2.45, 2.75) is 70.9 Å². The van der Waals surface area contributed by atoms with Gasteiger partial charge in [0.1, 0.15) is 5.70 Å². The molecule has 2 saturated heterocycles. The Balaban J connectivity index is 1.76. The molecule has 0 radical (unpaired) electrons. The number of hydrogen-bond donors (Lipinski definition) is 2. The SMILES string of the molecule is CC[Si](CC)(CC)O[C@H](C)C1C(=O)N2C(C(=O)OP)=C(CN3CC(NS(N)(=O)=O)C3)[C@H](C)[C@H]12. The fourth-order valence-corrected chi connectivity index (χ4v) is 9.26. The molecule has 3 heterocycles. The summed E-state index contributed by atoms with van der Waals surface area (Å²) in [6.45, 7) is 11.9. The molecule has 0 bridgehead atoms. The van der Waals surface area contributed by atoms with Crippen LogP contribution in [-0.2, 0) is 28.7 Å². The van der Waals surface area contributed by atoms with Crippen LogP contribution in [-0.4, -0.2) is 76.2 Å². The molecule has 0 aromatic rings. The summed E-state index contributed by atoms with van der Waals surface area (Å²) in [6.07, 6.45) is -0.215. The second-order valence-corrected chi connectivity index (χ2v) is 15.7. The van der Waals surface area contributed by atoms with Crippen molar-refractivity contribution in [1.29, 1.82) is 0 Å². The lowest BCUT2D eigenvalue weighted by Crippen LogP contribution is -2.65. The van der Waals surface area contributed by atoms with Gasteiger partial charge in [0.25, 0.3) is 10.2 Å². The van der Waals surface area contributed by atoms with Gasteiger partial charge in [-0.15, -0.1) is 0 Å². The minimum absolute atomic E-state index is 0.0379. The molecule has 3 N–H and O–H groups in total. The summed E-state index contributed by atoms with van der Waals surface area (Å²) < 4.78 is 36.4. The number of nitrogens with one attached hydrogen (secondary N) is 1. The average Bonchev–Trinajstić information content (AvgIpc) is 2.97. The van der Waals surface area contributed by atoms with E-state index >= 15 is 0 Å². The summed E-state index contributed by atoms with van der Waals surface area (Å²) in [5, 5.41) is 5.05. The summed E-state index contributed by atoms with van der Waals surface area (Å²) in [5.41, 5.74) is 1.15. The molecular weight excluding hydrogens is 483 g/mol. The molecule has 0 aromatic carbocycles. The van der Waals surface area contributed by atoms with Gasteiger partial charge in [0.15, 0.2) is 8.32 Å². The van der Waals surface area contributed by atoms with Crippen molar-refractivity contribution in [3.05, 3.63) is 11.3 Å². The molecule has 33 heavy (non-hydrogen) atoms. The van der Waals surface area contributed by atoms with Crippen molar-refractivity contribution in [3.8, 4) is 0 Å². The van der Waals surface area contributed by atoms with Crippen molar-refractivity contribution in [2.24, 2.45) is 17.0 Å². The third kappa shape index (κ3) is 5.07. The minimum Gasteiger partial charge on any atom is -0.447 e. The van der Waals surface area contributed by atoms with E-state index in [1.165, 1.54) is 0 Å². The van der Waals surface area contributed by atoms with Crippen LogP contribution in [0.15, 0.2) is 11.3 Å². The molecule has 10 nitrogen and oxygen atoms in total. The van der Waals surface area contributed by atoms with E-state index in [0.717, 1.165) is 23.7 Å². The van der Waals surface area contributed by atoms with Crippen molar-refractivity contribution >= 4 is 39.9 Å². The molecular formula is C20H37N4O6PSSi. The number of amides is 1. The highest BCUT2D eigenvalue weighted by atomic mass is 32.2. The monoisotopic (exact) mass is 520 g/mol.